The highest BCUT2D eigenvalue weighted by Crippen LogP contribution is 2.35. The lowest BCUT2D eigenvalue weighted by atomic mass is 9.81. The molecule has 38 heavy (non-hydrogen) atoms. The van der Waals surface area contributed by atoms with E-state index in [9.17, 15) is 9.59 Å². The Hall–Kier alpha value is -3.15. The summed E-state index contributed by atoms with van der Waals surface area (Å²) in [6, 6.07) is 24.0. The van der Waals surface area contributed by atoms with Crippen LogP contribution in [0, 0.1) is 0 Å². The van der Waals surface area contributed by atoms with Crippen molar-refractivity contribution in [1.82, 2.24) is 9.80 Å². The fraction of sp³-hybridized carbons (Fsp3) is 0.375. The third kappa shape index (κ3) is 5.95. The van der Waals surface area contributed by atoms with Gasteiger partial charge in [0.15, 0.2) is 0 Å². The molecule has 1 atom stereocenters. The van der Waals surface area contributed by atoms with E-state index in [4.69, 9.17) is 11.6 Å². The van der Waals surface area contributed by atoms with Crippen LogP contribution in [0.2, 0.25) is 5.02 Å². The number of carbonyl (C=O) groups excluding carboxylic acids is 2. The van der Waals surface area contributed by atoms with Gasteiger partial charge in [0.2, 0.25) is 5.91 Å². The van der Waals surface area contributed by atoms with Crippen LogP contribution >= 0.6 is 11.6 Å². The van der Waals surface area contributed by atoms with Gasteiger partial charge in [-0.25, -0.2) is 0 Å². The monoisotopic (exact) mass is 529 g/mol. The molecular weight excluding hydrogens is 494 g/mol. The Bertz CT molecular complexity index is 1270. The van der Waals surface area contributed by atoms with Crippen molar-refractivity contribution in [2.24, 2.45) is 0 Å². The minimum atomic E-state index is -0.189. The van der Waals surface area contributed by atoms with E-state index >= 15 is 0 Å². The molecule has 0 spiro atoms. The van der Waals surface area contributed by atoms with E-state index in [0.717, 1.165) is 50.9 Å². The molecule has 0 unspecified atom stereocenters. The van der Waals surface area contributed by atoms with E-state index in [-0.39, 0.29) is 23.9 Å². The number of nitrogens with one attached hydrogen (secondary N) is 1. The molecule has 0 radical (unpaired) electrons. The van der Waals surface area contributed by atoms with Gasteiger partial charge >= 0.3 is 0 Å². The SMILES string of the molecule is C[C@@H](C(=O)Nc1ccc(C2CCC(N(C)C(=O)c3ccc(Cl)cc3)CC2)cc1)N1CCc2ccccc2C1. The van der Waals surface area contributed by atoms with Crippen molar-refractivity contribution < 1.29 is 9.59 Å². The number of anilines is 1. The van der Waals surface area contributed by atoms with E-state index in [2.05, 4.69) is 46.6 Å². The van der Waals surface area contributed by atoms with Crippen molar-refractivity contribution in [2.75, 3.05) is 18.9 Å². The van der Waals surface area contributed by atoms with Gasteiger partial charge < -0.3 is 10.2 Å². The highest BCUT2D eigenvalue weighted by molar-refractivity contribution is 6.30. The van der Waals surface area contributed by atoms with Gasteiger partial charge in [-0.05, 0) is 98.0 Å². The zero-order chi connectivity index (χ0) is 26.6. The number of benzene rings is 3. The van der Waals surface area contributed by atoms with E-state index < -0.39 is 0 Å². The molecule has 1 heterocycles. The van der Waals surface area contributed by atoms with E-state index in [1.165, 1.54) is 16.7 Å². The molecule has 3 aromatic rings. The summed E-state index contributed by atoms with van der Waals surface area (Å²) in [6.07, 6.45) is 5.03. The zero-order valence-corrected chi connectivity index (χ0v) is 23.0. The average Bonchev–Trinajstić information content (AvgIpc) is 2.96. The molecule has 5 nitrogen and oxygen atoms in total. The summed E-state index contributed by atoms with van der Waals surface area (Å²) in [6.45, 7) is 3.70. The molecule has 0 bridgehead atoms. The first kappa shape index (κ1) is 26.5. The molecule has 1 saturated carbocycles. The lowest BCUT2D eigenvalue weighted by Gasteiger charge is -2.35. The van der Waals surface area contributed by atoms with Gasteiger partial charge in [0.05, 0.1) is 6.04 Å². The van der Waals surface area contributed by atoms with Crippen LogP contribution in [0.5, 0.6) is 0 Å². The summed E-state index contributed by atoms with van der Waals surface area (Å²) in [5, 5.41) is 3.75. The normalized spacial score (nSPS) is 20.3. The second-order valence-electron chi connectivity index (χ2n) is 10.7. The summed E-state index contributed by atoms with van der Waals surface area (Å²) in [4.78, 5) is 30.0. The van der Waals surface area contributed by atoms with Crippen LogP contribution in [-0.2, 0) is 17.8 Å². The summed E-state index contributed by atoms with van der Waals surface area (Å²) < 4.78 is 0. The van der Waals surface area contributed by atoms with Crippen molar-refractivity contribution in [1.29, 1.82) is 0 Å². The Balaban J connectivity index is 1.12. The molecule has 1 aliphatic carbocycles. The summed E-state index contributed by atoms with van der Waals surface area (Å²) >= 11 is 5.97. The largest absolute Gasteiger partial charge is 0.339 e. The minimum Gasteiger partial charge on any atom is -0.339 e. The van der Waals surface area contributed by atoms with Crippen LogP contribution in [0.1, 0.15) is 65.6 Å². The van der Waals surface area contributed by atoms with Gasteiger partial charge in [-0.3, -0.25) is 14.5 Å². The summed E-state index contributed by atoms with van der Waals surface area (Å²) in [5.41, 5.74) is 5.52. The number of fused-ring (bicyclic) bond motifs is 1. The number of carbonyl (C=O) groups is 2. The van der Waals surface area contributed by atoms with Crippen LogP contribution in [0.4, 0.5) is 5.69 Å². The third-order valence-corrected chi connectivity index (χ3v) is 8.64. The number of nitrogens with zero attached hydrogens (tertiary/aromatic N) is 2. The first-order valence-electron chi connectivity index (χ1n) is 13.6. The Labute approximate surface area is 230 Å². The predicted molar refractivity (Wildman–Crippen MR) is 154 cm³/mol. The Morgan fingerprint density at radius 3 is 2.26 bits per heavy atom. The second-order valence-corrected chi connectivity index (χ2v) is 11.1. The molecule has 6 heteroatoms. The molecule has 3 aromatic carbocycles. The Morgan fingerprint density at radius 2 is 1.58 bits per heavy atom. The van der Waals surface area contributed by atoms with Gasteiger partial charge in [-0.2, -0.15) is 0 Å². The maximum Gasteiger partial charge on any atom is 0.253 e. The van der Waals surface area contributed by atoms with Crippen molar-refractivity contribution in [2.45, 2.75) is 63.6 Å². The predicted octanol–water partition coefficient (Wildman–Crippen LogP) is 6.52. The molecule has 1 fully saturated rings. The number of rotatable bonds is 6. The Kier molecular flexibility index (Phi) is 8.15. The molecule has 198 valence electrons. The van der Waals surface area contributed by atoms with E-state index in [1.807, 2.05) is 31.0 Å². The molecular formula is C32H36ClN3O2. The van der Waals surface area contributed by atoms with Crippen molar-refractivity contribution in [3.8, 4) is 0 Å². The molecule has 2 amide bonds. The van der Waals surface area contributed by atoms with Crippen molar-refractivity contribution in [3.05, 3.63) is 100 Å². The van der Waals surface area contributed by atoms with Gasteiger partial charge in [0, 0.05) is 42.5 Å². The Morgan fingerprint density at radius 1 is 0.921 bits per heavy atom. The first-order valence-corrected chi connectivity index (χ1v) is 14.0. The van der Waals surface area contributed by atoms with Crippen LogP contribution in [0.25, 0.3) is 0 Å². The fourth-order valence-electron chi connectivity index (χ4n) is 5.86. The van der Waals surface area contributed by atoms with Gasteiger partial charge in [-0.15, -0.1) is 0 Å². The van der Waals surface area contributed by atoms with E-state index in [1.54, 1.807) is 24.3 Å². The number of amides is 2. The maximum absolute atomic E-state index is 13.0. The summed E-state index contributed by atoms with van der Waals surface area (Å²) in [7, 11) is 1.91. The third-order valence-electron chi connectivity index (χ3n) is 8.39. The van der Waals surface area contributed by atoms with Crippen LogP contribution in [0.3, 0.4) is 0 Å². The van der Waals surface area contributed by atoms with Crippen LogP contribution in [-0.4, -0.2) is 47.3 Å². The van der Waals surface area contributed by atoms with Crippen LogP contribution in [0.15, 0.2) is 72.8 Å². The topological polar surface area (TPSA) is 52.7 Å². The molecule has 0 saturated heterocycles. The lowest BCUT2D eigenvalue weighted by molar-refractivity contribution is -0.121. The minimum absolute atomic E-state index is 0.0334. The van der Waals surface area contributed by atoms with Crippen LogP contribution < -0.4 is 5.32 Å². The second kappa shape index (κ2) is 11.7. The highest BCUT2D eigenvalue weighted by Gasteiger charge is 2.28. The number of hydrogen-bond acceptors (Lipinski definition) is 3. The average molecular weight is 530 g/mol. The quantitative estimate of drug-likeness (QED) is 0.395. The standard InChI is InChI=1S/C32H36ClN3O2/c1-22(36-20-19-23-5-3-4-6-27(23)21-36)31(37)34-29-15-9-24(10-16-29)25-11-17-30(18-12-25)35(2)32(38)26-7-13-28(33)14-8-26/h3-10,13-16,22,25,30H,11-12,17-21H2,1-2H3,(H,34,37)/t22-,25?,30?/m0/s1. The van der Waals surface area contributed by atoms with Gasteiger partial charge in [0.1, 0.15) is 0 Å². The smallest absolute Gasteiger partial charge is 0.253 e. The number of halogens is 1. The lowest BCUT2D eigenvalue weighted by Crippen LogP contribution is -2.44. The molecule has 0 aromatic heterocycles. The summed E-state index contributed by atoms with van der Waals surface area (Å²) in [5.74, 6) is 0.557. The van der Waals surface area contributed by atoms with Gasteiger partial charge in [0.25, 0.3) is 5.91 Å². The molecule has 5 rings (SSSR count). The molecule has 2 aliphatic rings. The van der Waals surface area contributed by atoms with Crippen molar-refractivity contribution >= 4 is 29.1 Å². The van der Waals surface area contributed by atoms with Crippen molar-refractivity contribution in [3.63, 3.8) is 0 Å². The van der Waals surface area contributed by atoms with Gasteiger partial charge in [-0.1, -0.05) is 48.0 Å². The fourth-order valence-corrected chi connectivity index (χ4v) is 5.98. The zero-order valence-electron chi connectivity index (χ0n) is 22.2. The molecule has 1 N–H and O–H groups in total. The van der Waals surface area contributed by atoms with E-state index in [0.29, 0.717) is 16.5 Å². The highest BCUT2D eigenvalue weighted by atomic mass is 35.5. The first-order chi connectivity index (χ1) is 18.4. The maximum atomic E-state index is 13.0. The molecule has 1 aliphatic heterocycles. The number of hydrogen-bond donors (Lipinski definition) is 1.